The van der Waals surface area contributed by atoms with Gasteiger partial charge in [0.25, 0.3) is 5.91 Å². The van der Waals surface area contributed by atoms with Crippen molar-refractivity contribution in [3.63, 3.8) is 0 Å². The van der Waals surface area contributed by atoms with E-state index in [4.69, 9.17) is 0 Å². The summed E-state index contributed by atoms with van der Waals surface area (Å²) in [5, 5.41) is 6.82. The summed E-state index contributed by atoms with van der Waals surface area (Å²) < 4.78 is 40.5. The first-order valence-electron chi connectivity index (χ1n) is 8.30. The molecule has 0 saturated carbocycles. The number of aromatic nitrogens is 3. The van der Waals surface area contributed by atoms with Crippen LogP contribution in [-0.4, -0.2) is 36.1 Å². The van der Waals surface area contributed by atoms with Gasteiger partial charge in [-0.2, -0.15) is 0 Å². The number of halogens is 1. The summed E-state index contributed by atoms with van der Waals surface area (Å²) >= 11 is 0. The van der Waals surface area contributed by atoms with Crippen molar-refractivity contribution in [2.75, 3.05) is 7.05 Å². The molecular formula is C18H18FN5O3S. The molecule has 0 atom stereocenters. The number of carbonyl (C=O) groups excluding carboxylic acids is 1. The Morgan fingerprint density at radius 2 is 1.89 bits per heavy atom. The summed E-state index contributed by atoms with van der Waals surface area (Å²) in [5.41, 5.74) is 1.19. The van der Waals surface area contributed by atoms with Crippen LogP contribution in [-0.2, 0) is 16.6 Å². The van der Waals surface area contributed by atoms with Gasteiger partial charge in [-0.05, 0) is 55.9 Å². The van der Waals surface area contributed by atoms with Gasteiger partial charge >= 0.3 is 0 Å². The first-order chi connectivity index (χ1) is 13.3. The Kier molecular flexibility index (Phi) is 5.52. The zero-order valence-electron chi connectivity index (χ0n) is 15.2. The lowest BCUT2D eigenvalue weighted by atomic mass is 10.2. The van der Waals surface area contributed by atoms with Crippen molar-refractivity contribution in [1.82, 2.24) is 24.8 Å². The Morgan fingerprint density at radius 3 is 2.57 bits per heavy atom. The summed E-state index contributed by atoms with van der Waals surface area (Å²) in [5.74, 6) is -0.451. The zero-order valence-corrected chi connectivity index (χ0v) is 16.0. The number of hydrogen-bond acceptors (Lipinski definition) is 5. The molecule has 0 unspecified atom stereocenters. The molecule has 0 aliphatic heterocycles. The molecule has 0 spiro atoms. The summed E-state index contributed by atoms with van der Waals surface area (Å²) in [7, 11) is -2.24. The van der Waals surface area contributed by atoms with Crippen molar-refractivity contribution in [3.8, 4) is 5.69 Å². The van der Waals surface area contributed by atoms with Crippen LogP contribution in [0.5, 0.6) is 0 Å². The lowest BCUT2D eigenvalue weighted by Crippen LogP contribution is -2.24. The fourth-order valence-corrected chi connectivity index (χ4v) is 3.31. The minimum absolute atomic E-state index is 0.0409. The van der Waals surface area contributed by atoms with Crippen LogP contribution in [0.1, 0.15) is 22.0 Å². The standard InChI is InChI=1S/C18H18FN5O3S/c1-12-22-17(23-24(12)15-8-6-14(19)7-9-15)18(25)21-11-13-4-3-5-16(10-13)28(26,27)20-2/h3-10,20H,11H2,1-2H3,(H,21,25). The number of benzene rings is 2. The molecule has 0 radical (unpaired) electrons. The van der Waals surface area contributed by atoms with Gasteiger partial charge in [-0.3, -0.25) is 4.79 Å². The van der Waals surface area contributed by atoms with Gasteiger partial charge in [0, 0.05) is 6.54 Å². The molecule has 146 valence electrons. The van der Waals surface area contributed by atoms with Crippen molar-refractivity contribution in [2.24, 2.45) is 0 Å². The molecule has 2 aromatic carbocycles. The number of rotatable bonds is 6. The van der Waals surface area contributed by atoms with Crippen LogP contribution in [0.3, 0.4) is 0 Å². The summed E-state index contributed by atoms with van der Waals surface area (Å²) in [4.78, 5) is 16.6. The van der Waals surface area contributed by atoms with Crippen LogP contribution >= 0.6 is 0 Å². The number of carbonyl (C=O) groups is 1. The molecule has 1 amide bonds. The van der Waals surface area contributed by atoms with Gasteiger partial charge in [-0.1, -0.05) is 12.1 Å². The fraction of sp³-hybridized carbons (Fsp3) is 0.167. The smallest absolute Gasteiger partial charge is 0.291 e. The van der Waals surface area contributed by atoms with Gasteiger partial charge in [-0.25, -0.2) is 27.2 Å². The number of sulfonamides is 1. The second-order valence-electron chi connectivity index (χ2n) is 5.91. The maximum atomic E-state index is 13.1. The number of aryl methyl sites for hydroxylation is 1. The molecule has 8 nitrogen and oxygen atoms in total. The van der Waals surface area contributed by atoms with Crippen LogP contribution in [0.4, 0.5) is 4.39 Å². The molecule has 3 rings (SSSR count). The van der Waals surface area contributed by atoms with Crippen LogP contribution in [0, 0.1) is 12.7 Å². The average Bonchev–Trinajstić information content (AvgIpc) is 3.08. The molecule has 3 aromatic rings. The Bertz CT molecular complexity index is 1110. The fourth-order valence-electron chi connectivity index (χ4n) is 2.51. The summed E-state index contributed by atoms with van der Waals surface area (Å²) in [6.45, 7) is 1.79. The Labute approximate surface area is 161 Å². The highest BCUT2D eigenvalue weighted by Crippen LogP contribution is 2.12. The summed E-state index contributed by atoms with van der Waals surface area (Å²) in [6, 6.07) is 11.9. The molecule has 0 saturated heterocycles. The van der Waals surface area contributed by atoms with E-state index in [0.717, 1.165) is 0 Å². The highest BCUT2D eigenvalue weighted by molar-refractivity contribution is 7.89. The van der Waals surface area contributed by atoms with Crippen molar-refractivity contribution in [2.45, 2.75) is 18.4 Å². The van der Waals surface area contributed by atoms with Gasteiger partial charge < -0.3 is 5.32 Å². The highest BCUT2D eigenvalue weighted by Gasteiger charge is 2.16. The summed E-state index contributed by atoms with van der Waals surface area (Å²) in [6.07, 6.45) is 0. The minimum Gasteiger partial charge on any atom is -0.345 e. The third kappa shape index (κ3) is 4.24. The van der Waals surface area contributed by atoms with Crippen LogP contribution in [0.25, 0.3) is 5.69 Å². The monoisotopic (exact) mass is 403 g/mol. The quantitative estimate of drug-likeness (QED) is 0.650. The van der Waals surface area contributed by atoms with E-state index < -0.39 is 15.9 Å². The third-order valence-electron chi connectivity index (χ3n) is 3.97. The van der Waals surface area contributed by atoms with E-state index in [9.17, 15) is 17.6 Å². The van der Waals surface area contributed by atoms with Gasteiger partial charge in [0.15, 0.2) is 0 Å². The molecule has 0 fully saturated rings. The van der Waals surface area contributed by atoms with Crippen molar-refractivity contribution in [3.05, 3.63) is 71.6 Å². The van der Waals surface area contributed by atoms with Crippen LogP contribution in [0.2, 0.25) is 0 Å². The molecule has 0 aliphatic carbocycles. The van der Waals surface area contributed by atoms with Crippen LogP contribution in [0.15, 0.2) is 53.4 Å². The predicted octanol–water partition coefficient (Wildman–Crippen LogP) is 1.55. The predicted molar refractivity (Wildman–Crippen MR) is 99.9 cm³/mol. The molecule has 0 bridgehead atoms. The first kappa shape index (κ1) is 19.6. The number of amides is 1. The molecule has 1 heterocycles. The van der Waals surface area contributed by atoms with E-state index in [0.29, 0.717) is 17.1 Å². The number of nitrogens with one attached hydrogen (secondary N) is 2. The minimum atomic E-state index is -3.56. The SMILES string of the molecule is CNS(=O)(=O)c1cccc(CNC(=O)c2nc(C)n(-c3ccc(F)cc3)n2)c1. The molecule has 28 heavy (non-hydrogen) atoms. The van der Waals surface area contributed by atoms with Gasteiger partial charge in [0.1, 0.15) is 11.6 Å². The maximum absolute atomic E-state index is 13.1. The number of hydrogen-bond donors (Lipinski definition) is 2. The maximum Gasteiger partial charge on any atom is 0.291 e. The van der Waals surface area contributed by atoms with E-state index in [-0.39, 0.29) is 23.1 Å². The largest absolute Gasteiger partial charge is 0.345 e. The second kappa shape index (κ2) is 7.87. The molecule has 2 N–H and O–H groups in total. The van der Waals surface area contributed by atoms with E-state index in [1.54, 1.807) is 19.1 Å². The Morgan fingerprint density at radius 1 is 1.18 bits per heavy atom. The van der Waals surface area contributed by atoms with Gasteiger partial charge in [0.05, 0.1) is 10.6 Å². The van der Waals surface area contributed by atoms with Gasteiger partial charge in [0.2, 0.25) is 15.8 Å². The lowest BCUT2D eigenvalue weighted by molar-refractivity contribution is 0.0940. The van der Waals surface area contributed by atoms with Gasteiger partial charge in [-0.15, -0.1) is 5.10 Å². The zero-order chi connectivity index (χ0) is 20.3. The molecule has 1 aromatic heterocycles. The van der Waals surface area contributed by atoms with E-state index >= 15 is 0 Å². The lowest BCUT2D eigenvalue weighted by Gasteiger charge is -2.06. The van der Waals surface area contributed by atoms with Crippen LogP contribution < -0.4 is 10.0 Å². The molecular weight excluding hydrogens is 385 g/mol. The first-order valence-corrected chi connectivity index (χ1v) is 9.79. The van der Waals surface area contributed by atoms with Crippen molar-refractivity contribution < 1.29 is 17.6 Å². The topological polar surface area (TPSA) is 106 Å². The number of nitrogens with zero attached hydrogens (tertiary/aromatic N) is 3. The van der Waals surface area contributed by atoms with Crippen molar-refractivity contribution >= 4 is 15.9 Å². The third-order valence-corrected chi connectivity index (χ3v) is 5.39. The highest BCUT2D eigenvalue weighted by atomic mass is 32.2. The Hall–Kier alpha value is -3.11. The van der Waals surface area contributed by atoms with E-state index in [1.165, 1.54) is 48.1 Å². The Balaban J connectivity index is 1.73. The normalized spacial score (nSPS) is 11.4. The second-order valence-corrected chi connectivity index (χ2v) is 7.80. The molecule has 0 aliphatic rings. The van der Waals surface area contributed by atoms with Crippen molar-refractivity contribution in [1.29, 1.82) is 0 Å². The average molecular weight is 403 g/mol. The van der Waals surface area contributed by atoms with E-state index in [2.05, 4.69) is 20.1 Å². The molecule has 10 heteroatoms. The van der Waals surface area contributed by atoms with E-state index in [1.807, 2.05) is 0 Å².